The van der Waals surface area contributed by atoms with Gasteiger partial charge in [0.05, 0.1) is 6.61 Å². The summed E-state index contributed by atoms with van der Waals surface area (Å²) in [5.74, 6) is -2.52. The Bertz CT molecular complexity index is 1060. The molecule has 0 saturated heterocycles. The number of aryl methyl sites for hydroxylation is 1. The first-order valence-corrected chi connectivity index (χ1v) is 17.5. The summed E-state index contributed by atoms with van der Waals surface area (Å²) in [4.78, 5) is 0. The number of unbranched alkanes of at least 4 members (excludes halogenated alkanes) is 12. The molecule has 1 saturated carbocycles. The van der Waals surface area contributed by atoms with Crippen LogP contribution in [-0.2, 0) is 6.42 Å². The SMILES string of the molecule is CCCCCCCCCCC1CCC(CCc2cc(F)c(-c3ccc(OCCCCCCCC)c(F)c3F)cc2F)CC1. The first kappa shape index (κ1) is 35.4. The van der Waals surface area contributed by atoms with E-state index in [0.29, 0.717) is 24.5 Å². The largest absolute Gasteiger partial charge is 0.490 e. The minimum atomic E-state index is -1.21. The summed E-state index contributed by atoms with van der Waals surface area (Å²) in [5, 5.41) is 0. The normalized spacial score (nSPS) is 17.0. The van der Waals surface area contributed by atoms with Crippen LogP contribution in [0, 0.1) is 35.1 Å². The predicted octanol–water partition coefficient (Wildman–Crippen LogP) is 12.9. The van der Waals surface area contributed by atoms with E-state index in [1.807, 2.05) is 0 Å². The Morgan fingerprint density at radius 1 is 0.581 bits per heavy atom. The monoisotopic (exact) mass is 604 g/mol. The molecular formula is C38H56F4O. The molecule has 1 nitrogen and oxygen atoms in total. The Morgan fingerprint density at radius 3 is 1.77 bits per heavy atom. The summed E-state index contributed by atoms with van der Waals surface area (Å²) in [7, 11) is 0. The van der Waals surface area contributed by atoms with Crippen LogP contribution in [0.5, 0.6) is 5.75 Å². The van der Waals surface area contributed by atoms with Crippen molar-refractivity contribution in [3.63, 3.8) is 0 Å². The Labute approximate surface area is 259 Å². The van der Waals surface area contributed by atoms with E-state index in [9.17, 15) is 8.78 Å². The maximum Gasteiger partial charge on any atom is 0.201 e. The molecule has 1 fully saturated rings. The highest BCUT2D eigenvalue weighted by Gasteiger charge is 2.23. The maximum absolute atomic E-state index is 15.1. The van der Waals surface area contributed by atoms with E-state index < -0.39 is 23.3 Å². The van der Waals surface area contributed by atoms with E-state index in [2.05, 4.69) is 13.8 Å². The zero-order chi connectivity index (χ0) is 30.9. The molecule has 0 amide bonds. The third-order valence-corrected chi connectivity index (χ3v) is 9.48. The number of hydrogen-bond donors (Lipinski definition) is 0. The average molecular weight is 605 g/mol. The molecule has 0 N–H and O–H groups in total. The topological polar surface area (TPSA) is 9.23 Å². The lowest BCUT2D eigenvalue weighted by Gasteiger charge is -2.28. The van der Waals surface area contributed by atoms with Crippen molar-refractivity contribution in [3.8, 4) is 16.9 Å². The maximum atomic E-state index is 15.1. The number of benzene rings is 2. The van der Waals surface area contributed by atoms with Crippen LogP contribution in [0.15, 0.2) is 24.3 Å². The molecule has 0 unspecified atom stereocenters. The van der Waals surface area contributed by atoms with E-state index >= 15 is 8.78 Å². The van der Waals surface area contributed by atoms with E-state index in [1.165, 1.54) is 102 Å². The smallest absolute Gasteiger partial charge is 0.201 e. The van der Waals surface area contributed by atoms with Crippen LogP contribution in [0.3, 0.4) is 0 Å². The molecule has 0 radical (unpaired) electrons. The van der Waals surface area contributed by atoms with Gasteiger partial charge in [0.15, 0.2) is 11.6 Å². The minimum Gasteiger partial charge on any atom is -0.490 e. The summed E-state index contributed by atoms with van der Waals surface area (Å²) in [6.45, 7) is 4.70. The van der Waals surface area contributed by atoms with Crippen molar-refractivity contribution in [1.29, 1.82) is 0 Å². The van der Waals surface area contributed by atoms with Gasteiger partial charge in [-0.05, 0) is 60.9 Å². The van der Waals surface area contributed by atoms with Gasteiger partial charge in [-0.25, -0.2) is 13.2 Å². The molecule has 0 atom stereocenters. The second-order valence-corrected chi connectivity index (χ2v) is 13.0. The van der Waals surface area contributed by atoms with Gasteiger partial charge in [-0.3, -0.25) is 0 Å². The summed E-state index contributed by atoms with van der Waals surface area (Å²) in [6, 6.07) is 4.76. The van der Waals surface area contributed by atoms with Gasteiger partial charge in [0.2, 0.25) is 5.82 Å². The van der Waals surface area contributed by atoms with Gasteiger partial charge in [-0.1, -0.05) is 129 Å². The second-order valence-electron chi connectivity index (χ2n) is 13.0. The summed E-state index contributed by atoms with van der Waals surface area (Å²) in [5.41, 5.74) is -0.245. The Morgan fingerprint density at radius 2 is 1.14 bits per heavy atom. The third kappa shape index (κ3) is 12.1. The van der Waals surface area contributed by atoms with Crippen LogP contribution >= 0.6 is 0 Å². The summed E-state index contributed by atoms with van der Waals surface area (Å²) in [6.07, 6.45) is 24.6. The van der Waals surface area contributed by atoms with Crippen molar-refractivity contribution >= 4 is 0 Å². The fourth-order valence-electron chi connectivity index (χ4n) is 6.64. The lowest BCUT2D eigenvalue weighted by molar-refractivity contribution is 0.248. The van der Waals surface area contributed by atoms with Gasteiger partial charge < -0.3 is 4.74 Å². The number of rotatable bonds is 21. The van der Waals surface area contributed by atoms with Gasteiger partial charge in [-0.2, -0.15) is 4.39 Å². The van der Waals surface area contributed by atoms with Crippen LogP contribution < -0.4 is 4.74 Å². The molecule has 2 aromatic carbocycles. The molecule has 43 heavy (non-hydrogen) atoms. The van der Waals surface area contributed by atoms with E-state index in [1.54, 1.807) is 0 Å². The Kier molecular flexibility index (Phi) is 16.5. The van der Waals surface area contributed by atoms with E-state index in [4.69, 9.17) is 4.74 Å². The molecule has 5 heteroatoms. The first-order chi connectivity index (χ1) is 20.9. The highest BCUT2D eigenvalue weighted by Crippen LogP contribution is 2.36. The van der Waals surface area contributed by atoms with Gasteiger partial charge in [0, 0.05) is 11.1 Å². The molecule has 3 rings (SSSR count). The molecule has 0 heterocycles. The van der Waals surface area contributed by atoms with E-state index in [-0.39, 0.29) is 16.9 Å². The number of hydrogen-bond acceptors (Lipinski definition) is 1. The van der Waals surface area contributed by atoms with Gasteiger partial charge >= 0.3 is 0 Å². The summed E-state index contributed by atoms with van der Waals surface area (Å²) < 4.78 is 65.2. The molecule has 2 aromatic rings. The van der Waals surface area contributed by atoms with Crippen molar-refractivity contribution in [2.24, 2.45) is 11.8 Å². The van der Waals surface area contributed by atoms with Crippen LogP contribution in [0.1, 0.15) is 148 Å². The van der Waals surface area contributed by atoms with E-state index in [0.717, 1.165) is 56.9 Å². The number of halogens is 4. The average Bonchev–Trinajstić information content (AvgIpc) is 3.01. The molecule has 0 aromatic heterocycles. The van der Waals surface area contributed by atoms with Gasteiger partial charge in [-0.15, -0.1) is 0 Å². The van der Waals surface area contributed by atoms with Crippen molar-refractivity contribution in [1.82, 2.24) is 0 Å². The van der Waals surface area contributed by atoms with Crippen LogP contribution in [-0.4, -0.2) is 6.61 Å². The molecular weight excluding hydrogens is 548 g/mol. The highest BCUT2D eigenvalue weighted by molar-refractivity contribution is 5.66. The molecule has 0 spiro atoms. The van der Waals surface area contributed by atoms with Gasteiger partial charge in [0.1, 0.15) is 11.6 Å². The lowest BCUT2D eigenvalue weighted by atomic mass is 9.77. The minimum absolute atomic E-state index is 0.195. The molecule has 0 aliphatic heterocycles. The first-order valence-electron chi connectivity index (χ1n) is 17.5. The van der Waals surface area contributed by atoms with Gasteiger partial charge in [0.25, 0.3) is 0 Å². The zero-order valence-electron chi connectivity index (χ0n) is 26.9. The predicted molar refractivity (Wildman–Crippen MR) is 172 cm³/mol. The fourth-order valence-corrected chi connectivity index (χ4v) is 6.64. The standard InChI is InChI=1S/C38H56F4O/c1-3-5-7-9-11-12-13-15-17-29-18-20-30(21-19-29)22-23-31-27-35(40)33(28-34(31)39)32-24-25-36(38(42)37(32)41)43-26-16-14-10-8-6-4-2/h24-25,27-30H,3-23,26H2,1-2H3. The van der Waals surface area contributed by atoms with Crippen LogP contribution in [0.25, 0.3) is 11.1 Å². The Balaban J connectivity index is 1.43. The quantitative estimate of drug-likeness (QED) is 0.102. The molecule has 242 valence electrons. The molecule has 1 aliphatic carbocycles. The fraction of sp³-hybridized carbons (Fsp3) is 0.684. The summed E-state index contributed by atoms with van der Waals surface area (Å²) >= 11 is 0. The molecule has 1 aliphatic rings. The third-order valence-electron chi connectivity index (χ3n) is 9.48. The Hall–Kier alpha value is -2.04. The zero-order valence-corrected chi connectivity index (χ0v) is 26.9. The number of ether oxygens (including phenoxy) is 1. The van der Waals surface area contributed by atoms with Crippen molar-refractivity contribution in [3.05, 3.63) is 53.1 Å². The van der Waals surface area contributed by atoms with Crippen molar-refractivity contribution in [2.45, 2.75) is 149 Å². The second kappa shape index (κ2) is 20.1. The molecule has 0 bridgehead atoms. The lowest BCUT2D eigenvalue weighted by Crippen LogP contribution is -2.15. The highest BCUT2D eigenvalue weighted by atomic mass is 19.2. The van der Waals surface area contributed by atoms with Crippen molar-refractivity contribution < 1.29 is 22.3 Å². The van der Waals surface area contributed by atoms with Crippen molar-refractivity contribution in [2.75, 3.05) is 6.61 Å². The van der Waals surface area contributed by atoms with Crippen LogP contribution in [0.2, 0.25) is 0 Å². The van der Waals surface area contributed by atoms with Crippen LogP contribution in [0.4, 0.5) is 17.6 Å².